The predicted octanol–water partition coefficient (Wildman–Crippen LogP) is 0.497. The van der Waals surface area contributed by atoms with Crippen LogP contribution in [0.2, 0.25) is 0 Å². The van der Waals surface area contributed by atoms with Crippen LogP contribution in [0.5, 0.6) is 0 Å². The number of carboxylic acids is 1. The molecule has 18 heavy (non-hydrogen) atoms. The molecule has 0 spiro atoms. The first-order chi connectivity index (χ1) is 8.52. The average molecular weight is 275 g/mol. The summed E-state index contributed by atoms with van der Waals surface area (Å²) >= 11 is 1.47. The fourth-order valence-electron chi connectivity index (χ4n) is 1.70. The zero-order chi connectivity index (χ0) is 13.5. The molecule has 7 heteroatoms. The van der Waals surface area contributed by atoms with Crippen LogP contribution in [0.3, 0.4) is 0 Å². The Morgan fingerprint density at radius 1 is 1.44 bits per heavy atom. The van der Waals surface area contributed by atoms with Crippen LogP contribution in [0.25, 0.3) is 0 Å². The third-order valence-corrected chi connectivity index (χ3v) is 3.75. The molecule has 0 aromatic heterocycles. The lowest BCUT2D eigenvalue weighted by atomic mass is 10.3. The van der Waals surface area contributed by atoms with Crippen molar-refractivity contribution in [3.63, 3.8) is 0 Å². The van der Waals surface area contributed by atoms with E-state index in [1.807, 2.05) is 14.1 Å². The van der Waals surface area contributed by atoms with E-state index in [9.17, 15) is 9.59 Å². The number of unbranched alkanes of at least 4 members (excludes halogenated alkanes) is 1. The van der Waals surface area contributed by atoms with Gasteiger partial charge < -0.3 is 20.2 Å². The van der Waals surface area contributed by atoms with Crippen molar-refractivity contribution in [3.8, 4) is 0 Å². The molecule has 1 unspecified atom stereocenters. The van der Waals surface area contributed by atoms with Crippen LogP contribution >= 0.6 is 11.8 Å². The summed E-state index contributed by atoms with van der Waals surface area (Å²) in [5.74, 6) is 0.00640. The van der Waals surface area contributed by atoms with E-state index in [0.717, 1.165) is 19.4 Å². The van der Waals surface area contributed by atoms with E-state index < -0.39 is 12.0 Å². The van der Waals surface area contributed by atoms with E-state index in [4.69, 9.17) is 5.11 Å². The van der Waals surface area contributed by atoms with Gasteiger partial charge in [0.1, 0.15) is 6.04 Å². The normalized spacial score (nSPS) is 19.3. The van der Waals surface area contributed by atoms with Crippen molar-refractivity contribution < 1.29 is 14.7 Å². The number of carbonyl (C=O) groups excluding carboxylic acids is 1. The maximum absolute atomic E-state index is 11.8. The molecule has 0 bridgehead atoms. The number of carboxylic acid groups (broad SMARTS) is 1. The first-order valence-corrected chi connectivity index (χ1v) is 7.17. The highest BCUT2D eigenvalue weighted by Gasteiger charge is 2.34. The molecule has 1 atom stereocenters. The Bertz CT molecular complexity index is 299. The van der Waals surface area contributed by atoms with Gasteiger partial charge in [0.25, 0.3) is 0 Å². The van der Waals surface area contributed by atoms with E-state index in [2.05, 4.69) is 10.2 Å². The van der Waals surface area contributed by atoms with Crippen molar-refractivity contribution in [2.45, 2.75) is 18.9 Å². The average Bonchev–Trinajstić information content (AvgIpc) is 2.76. The van der Waals surface area contributed by atoms with E-state index in [0.29, 0.717) is 18.2 Å². The van der Waals surface area contributed by atoms with Crippen LogP contribution in [0.4, 0.5) is 4.79 Å². The molecular weight excluding hydrogens is 254 g/mol. The van der Waals surface area contributed by atoms with Gasteiger partial charge in [-0.25, -0.2) is 9.59 Å². The first-order valence-electron chi connectivity index (χ1n) is 6.02. The monoisotopic (exact) mass is 275 g/mol. The second kappa shape index (κ2) is 7.48. The first kappa shape index (κ1) is 15.1. The molecule has 0 radical (unpaired) electrons. The molecule has 1 heterocycles. The van der Waals surface area contributed by atoms with Crippen LogP contribution in [0.15, 0.2) is 0 Å². The van der Waals surface area contributed by atoms with Crippen LogP contribution < -0.4 is 5.32 Å². The topological polar surface area (TPSA) is 72.9 Å². The summed E-state index contributed by atoms with van der Waals surface area (Å²) in [6.07, 6.45) is 1.92. The Morgan fingerprint density at radius 2 is 2.17 bits per heavy atom. The Hall–Kier alpha value is -0.950. The second-order valence-electron chi connectivity index (χ2n) is 4.57. The van der Waals surface area contributed by atoms with Crippen molar-refractivity contribution in [2.75, 3.05) is 38.8 Å². The second-order valence-corrected chi connectivity index (χ2v) is 5.57. The minimum atomic E-state index is -0.928. The van der Waals surface area contributed by atoms with Crippen LogP contribution in [-0.2, 0) is 4.79 Å². The van der Waals surface area contributed by atoms with Gasteiger partial charge in [0.15, 0.2) is 0 Å². The smallest absolute Gasteiger partial charge is 0.327 e. The van der Waals surface area contributed by atoms with Gasteiger partial charge in [0.05, 0.1) is 5.88 Å². The van der Waals surface area contributed by atoms with E-state index in [-0.39, 0.29) is 6.03 Å². The van der Waals surface area contributed by atoms with Gasteiger partial charge in [0, 0.05) is 12.3 Å². The summed E-state index contributed by atoms with van der Waals surface area (Å²) in [5, 5.41) is 11.7. The molecule has 0 saturated carbocycles. The number of amides is 2. The summed E-state index contributed by atoms with van der Waals surface area (Å²) in [6.45, 7) is 1.59. The van der Waals surface area contributed by atoms with Gasteiger partial charge in [0.2, 0.25) is 0 Å². The summed E-state index contributed by atoms with van der Waals surface area (Å²) in [4.78, 5) is 26.2. The minimum absolute atomic E-state index is 0.266. The standard InChI is InChI=1S/C11H21N3O3S/c1-13(2)6-4-3-5-12-11(17)14-8-18-7-9(14)10(15)16/h9H,3-8H2,1-2H3,(H,12,17)(H,15,16). The van der Waals surface area contributed by atoms with Crippen molar-refractivity contribution >= 4 is 23.8 Å². The minimum Gasteiger partial charge on any atom is -0.480 e. The fraction of sp³-hybridized carbons (Fsp3) is 0.818. The lowest BCUT2D eigenvalue weighted by Crippen LogP contribution is -2.47. The van der Waals surface area contributed by atoms with Crippen molar-refractivity contribution in [1.82, 2.24) is 15.1 Å². The van der Waals surface area contributed by atoms with Gasteiger partial charge in [-0.05, 0) is 33.5 Å². The quantitative estimate of drug-likeness (QED) is 0.691. The van der Waals surface area contributed by atoms with E-state index in [1.165, 1.54) is 16.7 Å². The molecule has 1 rings (SSSR count). The third kappa shape index (κ3) is 4.73. The summed E-state index contributed by atoms with van der Waals surface area (Å²) in [7, 11) is 4.02. The predicted molar refractivity (Wildman–Crippen MR) is 71.8 cm³/mol. The van der Waals surface area contributed by atoms with Crippen LogP contribution in [0, 0.1) is 0 Å². The number of hydrogen-bond donors (Lipinski definition) is 2. The molecule has 1 saturated heterocycles. The van der Waals surface area contributed by atoms with E-state index in [1.54, 1.807) is 0 Å². The molecule has 0 aromatic rings. The number of aliphatic carboxylic acids is 1. The molecule has 1 aliphatic heterocycles. The number of thioether (sulfide) groups is 1. The highest BCUT2D eigenvalue weighted by atomic mass is 32.2. The van der Waals surface area contributed by atoms with Gasteiger partial charge in [-0.3, -0.25) is 0 Å². The van der Waals surface area contributed by atoms with Gasteiger partial charge >= 0.3 is 12.0 Å². The van der Waals surface area contributed by atoms with Crippen molar-refractivity contribution in [3.05, 3.63) is 0 Å². The zero-order valence-corrected chi connectivity index (χ0v) is 11.7. The molecular formula is C11H21N3O3S. The fourth-order valence-corrected chi connectivity index (χ4v) is 2.84. The Morgan fingerprint density at radius 3 is 2.78 bits per heavy atom. The number of nitrogens with one attached hydrogen (secondary N) is 1. The lowest BCUT2D eigenvalue weighted by molar-refractivity contribution is -0.140. The van der Waals surface area contributed by atoms with Gasteiger partial charge in [-0.1, -0.05) is 0 Å². The van der Waals surface area contributed by atoms with Crippen LogP contribution in [0.1, 0.15) is 12.8 Å². The number of carbonyl (C=O) groups is 2. The number of urea groups is 1. The molecule has 2 amide bonds. The van der Waals surface area contributed by atoms with Crippen LogP contribution in [-0.4, -0.2) is 71.8 Å². The summed E-state index contributed by atoms with van der Waals surface area (Å²) < 4.78 is 0. The lowest BCUT2D eigenvalue weighted by Gasteiger charge is -2.20. The number of hydrogen-bond acceptors (Lipinski definition) is 4. The largest absolute Gasteiger partial charge is 0.480 e. The number of nitrogens with zero attached hydrogens (tertiary/aromatic N) is 2. The van der Waals surface area contributed by atoms with Gasteiger partial charge in [-0.15, -0.1) is 11.8 Å². The molecule has 1 aliphatic rings. The van der Waals surface area contributed by atoms with Crippen molar-refractivity contribution in [2.24, 2.45) is 0 Å². The highest BCUT2D eigenvalue weighted by molar-refractivity contribution is 7.99. The Labute approximate surface area is 112 Å². The Balaban J connectivity index is 2.22. The Kier molecular flexibility index (Phi) is 6.28. The zero-order valence-electron chi connectivity index (χ0n) is 10.9. The molecule has 6 nitrogen and oxygen atoms in total. The maximum Gasteiger partial charge on any atom is 0.327 e. The molecule has 104 valence electrons. The van der Waals surface area contributed by atoms with Crippen molar-refractivity contribution in [1.29, 1.82) is 0 Å². The number of rotatable bonds is 6. The molecule has 0 aromatic carbocycles. The molecule has 2 N–H and O–H groups in total. The molecule has 1 fully saturated rings. The summed E-state index contributed by atoms with van der Waals surface area (Å²) in [5.41, 5.74) is 0. The molecule has 0 aliphatic carbocycles. The van der Waals surface area contributed by atoms with Gasteiger partial charge in [-0.2, -0.15) is 0 Å². The summed E-state index contributed by atoms with van der Waals surface area (Å²) in [6, 6.07) is -0.950. The highest BCUT2D eigenvalue weighted by Crippen LogP contribution is 2.20. The van der Waals surface area contributed by atoms with E-state index >= 15 is 0 Å². The SMILES string of the molecule is CN(C)CCCCNC(=O)N1CSCC1C(=O)O. The maximum atomic E-state index is 11.8. The third-order valence-electron chi connectivity index (χ3n) is 2.74.